The molecule has 0 aromatic carbocycles. The Morgan fingerprint density at radius 2 is 2.50 bits per heavy atom. The molecule has 0 bridgehead atoms. The quantitative estimate of drug-likeness (QED) is 0.378. The summed E-state index contributed by atoms with van der Waals surface area (Å²) in [6, 6.07) is 0.882. The van der Waals surface area contributed by atoms with E-state index in [2.05, 4.69) is 16.3 Å². The molecule has 1 atom stereocenters. The van der Waals surface area contributed by atoms with E-state index in [0.717, 1.165) is 6.20 Å². The molecule has 1 aromatic heterocycles. The van der Waals surface area contributed by atoms with Crippen molar-refractivity contribution in [2.75, 3.05) is 0 Å². The van der Waals surface area contributed by atoms with Crippen molar-refractivity contribution in [1.82, 2.24) is 10.4 Å². The third-order valence-corrected chi connectivity index (χ3v) is 1.45. The topological polar surface area (TPSA) is 50.9 Å². The second kappa shape index (κ2) is 3.81. The highest BCUT2D eigenvalue weighted by Gasteiger charge is 2.10. The molecule has 0 fully saturated rings. The normalized spacial score (nSPS) is 12.1. The van der Waals surface area contributed by atoms with Crippen LogP contribution in [0.4, 0.5) is 4.39 Å². The van der Waals surface area contributed by atoms with E-state index in [1.165, 1.54) is 12.3 Å². The Bertz CT molecular complexity index is 305. The molecular weight excluding hydrogens is 157 g/mol. The van der Waals surface area contributed by atoms with E-state index in [0.29, 0.717) is 5.56 Å². The number of hydrazine groups is 1. The lowest BCUT2D eigenvalue weighted by Crippen LogP contribution is -2.27. The first kappa shape index (κ1) is 8.65. The lowest BCUT2D eigenvalue weighted by Gasteiger charge is -2.08. The molecule has 0 saturated heterocycles. The van der Waals surface area contributed by atoms with Crippen LogP contribution in [0.25, 0.3) is 0 Å². The minimum absolute atomic E-state index is 0.329. The van der Waals surface area contributed by atoms with Crippen molar-refractivity contribution in [2.45, 2.75) is 6.04 Å². The number of pyridine rings is 1. The second-order valence-electron chi connectivity index (χ2n) is 2.16. The summed E-state index contributed by atoms with van der Waals surface area (Å²) in [5.41, 5.74) is 2.63. The molecule has 0 aliphatic heterocycles. The van der Waals surface area contributed by atoms with Gasteiger partial charge in [0, 0.05) is 11.8 Å². The molecule has 0 aliphatic carbocycles. The van der Waals surface area contributed by atoms with E-state index in [-0.39, 0.29) is 0 Å². The van der Waals surface area contributed by atoms with E-state index < -0.39 is 11.9 Å². The van der Waals surface area contributed by atoms with Gasteiger partial charge in [-0.3, -0.25) is 10.8 Å². The zero-order chi connectivity index (χ0) is 8.97. The number of nitrogens with two attached hydrogens (primary N) is 1. The maximum atomic E-state index is 13.0. The van der Waals surface area contributed by atoms with Crippen LogP contribution < -0.4 is 11.3 Å². The molecule has 1 heterocycles. The lowest BCUT2D eigenvalue weighted by atomic mass is 10.1. The fourth-order valence-electron chi connectivity index (χ4n) is 0.848. The first-order valence-electron chi connectivity index (χ1n) is 3.31. The van der Waals surface area contributed by atoms with Crippen LogP contribution in [0.5, 0.6) is 0 Å². The molecule has 0 radical (unpaired) electrons. The Morgan fingerprint density at radius 1 is 1.75 bits per heavy atom. The SMILES string of the molecule is C#CC(NN)c1ccncc1F. The number of nitrogens with one attached hydrogen (secondary N) is 1. The predicted molar refractivity (Wildman–Crippen MR) is 43.1 cm³/mol. The summed E-state index contributed by atoms with van der Waals surface area (Å²) < 4.78 is 13.0. The van der Waals surface area contributed by atoms with Crippen LogP contribution in [0.2, 0.25) is 0 Å². The van der Waals surface area contributed by atoms with Crippen molar-refractivity contribution in [3.05, 3.63) is 29.8 Å². The van der Waals surface area contributed by atoms with Gasteiger partial charge >= 0.3 is 0 Å². The van der Waals surface area contributed by atoms with Crippen molar-refractivity contribution in [1.29, 1.82) is 0 Å². The fraction of sp³-hybridized carbons (Fsp3) is 0.125. The number of hydrogen-bond acceptors (Lipinski definition) is 3. The molecule has 0 saturated carbocycles. The van der Waals surface area contributed by atoms with Gasteiger partial charge in [-0.05, 0) is 6.07 Å². The molecule has 4 heteroatoms. The molecule has 0 amide bonds. The van der Waals surface area contributed by atoms with Crippen molar-refractivity contribution in [3.8, 4) is 12.3 Å². The van der Waals surface area contributed by atoms with Crippen LogP contribution in [0.15, 0.2) is 18.5 Å². The standard InChI is InChI=1S/C8H8FN3/c1-2-8(12-10)6-3-4-11-5-7(6)9/h1,3-5,8,12H,10H2. The van der Waals surface area contributed by atoms with E-state index in [1.807, 2.05) is 0 Å². The number of terminal acetylenes is 1. The first-order chi connectivity index (χ1) is 5.79. The predicted octanol–water partition coefficient (Wildman–Crippen LogP) is 0.358. The van der Waals surface area contributed by atoms with E-state index in [9.17, 15) is 4.39 Å². The Morgan fingerprint density at radius 3 is 3.00 bits per heavy atom. The average molecular weight is 165 g/mol. The van der Waals surface area contributed by atoms with Gasteiger partial charge in [0.15, 0.2) is 0 Å². The number of aromatic nitrogens is 1. The minimum atomic E-state index is -0.604. The van der Waals surface area contributed by atoms with Gasteiger partial charge in [0.2, 0.25) is 0 Å². The summed E-state index contributed by atoms with van der Waals surface area (Å²) in [4.78, 5) is 3.58. The fourth-order valence-corrected chi connectivity index (χ4v) is 0.848. The minimum Gasteiger partial charge on any atom is -0.270 e. The second-order valence-corrected chi connectivity index (χ2v) is 2.16. The van der Waals surface area contributed by atoms with Crippen LogP contribution in [-0.2, 0) is 0 Å². The number of hydrogen-bond donors (Lipinski definition) is 2. The summed E-state index contributed by atoms with van der Waals surface area (Å²) >= 11 is 0. The molecule has 1 rings (SSSR count). The smallest absolute Gasteiger partial charge is 0.147 e. The maximum Gasteiger partial charge on any atom is 0.147 e. The molecule has 1 aromatic rings. The molecule has 12 heavy (non-hydrogen) atoms. The number of halogens is 1. The molecule has 0 spiro atoms. The molecule has 1 unspecified atom stereocenters. The third kappa shape index (κ3) is 1.59. The molecule has 0 aliphatic rings. The van der Waals surface area contributed by atoms with Gasteiger partial charge in [-0.1, -0.05) is 5.92 Å². The highest BCUT2D eigenvalue weighted by atomic mass is 19.1. The van der Waals surface area contributed by atoms with Crippen molar-refractivity contribution in [2.24, 2.45) is 5.84 Å². The first-order valence-corrected chi connectivity index (χ1v) is 3.31. The van der Waals surface area contributed by atoms with Crippen LogP contribution in [0, 0.1) is 18.2 Å². The lowest BCUT2D eigenvalue weighted by molar-refractivity contribution is 0.569. The monoisotopic (exact) mass is 165 g/mol. The summed E-state index contributed by atoms with van der Waals surface area (Å²) in [6.07, 6.45) is 7.66. The highest BCUT2D eigenvalue weighted by molar-refractivity contribution is 5.24. The Labute approximate surface area is 69.8 Å². The van der Waals surface area contributed by atoms with Gasteiger partial charge in [0.25, 0.3) is 0 Å². The average Bonchev–Trinajstić information content (AvgIpc) is 2.10. The zero-order valence-electron chi connectivity index (χ0n) is 6.29. The van der Waals surface area contributed by atoms with Crippen LogP contribution >= 0.6 is 0 Å². The van der Waals surface area contributed by atoms with Gasteiger partial charge in [0.05, 0.1) is 6.20 Å². The number of rotatable bonds is 2. The van der Waals surface area contributed by atoms with Crippen LogP contribution in [0.1, 0.15) is 11.6 Å². The molecule has 3 nitrogen and oxygen atoms in total. The zero-order valence-corrected chi connectivity index (χ0v) is 6.29. The van der Waals surface area contributed by atoms with Gasteiger partial charge in [-0.15, -0.1) is 6.42 Å². The van der Waals surface area contributed by atoms with Gasteiger partial charge in [0.1, 0.15) is 11.9 Å². The summed E-state index contributed by atoms with van der Waals surface area (Å²) in [7, 11) is 0. The van der Waals surface area contributed by atoms with Gasteiger partial charge < -0.3 is 0 Å². The number of nitrogens with zero attached hydrogens (tertiary/aromatic N) is 1. The van der Waals surface area contributed by atoms with E-state index >= 15 is 0 Å². The Balaban J connectivity index is 3.02. The van der Waals surface area contributed by atoms with E-state index in [4.69, 9.17) is 12.3 Å². The molecule has 62 valence electrons. The van der Waals surface area contributed by atoms with Crippen LogP contribution in [-0.4, -0.2) is 4.98 Å². The molecular formula is C8H8FN3. The summed E-state index contributed by atoms with van der Waals surface area (Å²) in [5.74, 6) is 6.95. The molecule has 3 N–H and O–H groups in total. The highest BCUT2D eigenvalue weighted by Crippen LogP contribution is 2.13. The third-order valence-electron chi connectivity index (χ3n) is 1.45. The maximum absolute atomic E-state index is 13.0. The summed E-state index contributed by atoms with van der Waals surface area (Å²) in [5, 5.41) is 0. The largest absolute Gasteiger partial charge is 0.270 e. The summed E-state index contributed by atoms with van der Waals surface area (Å²) in [6.45, 7) is 0. The Hall–Kier alpha value is -1.44. The van der Waals surface area contributed by atoms with Crippen molar-refractivity contribution < 1.29 is 4.39 Å². The Kier molecular flexibility index (Phi) is 2.75. The van der Waals surface area contributed by atoms with E-state index in [1.54, 1.807) is 0 Å². The van der Waals surface area contributed by atoms with Gasteiger partial charge in [-0.2, -0.15) is 0 Å². The van der Waals surface area contributed by atoms with Crippen molar-refractivity contribution >= 4 is 0 Å². The van der Waals surface area contributed by atoms with Crippen LogP contribution in [0.3, 0.4) is 0 Å². The van der Waals surface area contributed by atoms with Gasteiger partial charge in [-0.25, -0.2) is 9.82 Å². The van der Waals surface area contributed by atoms with Crippen molar-refractivity contribution in [3.63, 3.8) is 0 Å².